The number of allylic oxidation sites excluding steroid dienone is 1. The Morgan fingerprint density at radius 1 is 1.14 bits per heavy atom. The lowest BCUT2D eigenvalue weighted by molar-refractivity contribution is -0.139. The third-order valence-electron chi connectivity index (χ3n) is 6.24. The second kappa shape index (κ2) is 11.6. The Morgan fingerprint density at radius 2 is 1.80 bits per heavy atom. The lowest BCUT2D eigenvalue weighted by atomic mass is 9.87. The first-order chi connectivity index (χ1) is 16.6. The van der Waals surface area contributed by atoms with Crippen LogP contribution in [0.2, 0.25) is 0 Å². The third-order valence-corrected chi connectivity index (χ3v) is 7.11. The maximum atomic E-state index is 13.6. The SMILES string of the molecule is CC1=C(C(=O)N(C(C)C)C(C)C)CC(CC(=O)NCc2cccs2)C(=O)N1Cc1ccc(F)cc1. The van der Waals surface area contributed by atoms with Crippen LogP contribution in [0.5, 0.6) is 0 Å². The van der Waals surface area contributed by atoms with Gasteiger partial charge >= 0.3 is 0 Å². The van der Waals surface area contributed by atoms with Crippen LogP contribution in [-0.2, 0) is 27.5 Å². The van der Waals surface area contributed by atoms with E-state index in [1.165, 1.54) is 12.1 Å². The van der Waals surface area contributed by atoms with Crippen molar-refractivity contribution in [2.75, 3.05) is 0 Å². The van der Waals surface area contributed by atoms with Crippen molar-refractivity contribution >= 4 is 29.1 Å². The molecule has 3 rings (SSSR count). The smallest absolute Gasteiger partial charge is 0.252 e. The quantitative estimate of drug-likeness (QED) is 0.536. The summed E-state index contributed by atoms with van der Waals surface area (Å²) in [7, 11) is 0. The molecule has 6 nitrogen and oxygen atoms in total. The molecule has 0 aliphatic carbocycles. The first kappa shape index (κ1) is 26.6. The summed E-state index contributed by atoms with van der Waals surface area (Å²) in [5, 5.41) is 4.83. The maximum absolute atomic E-state index is 13.6. The number of thiophene rings is 1. The molecule has 1 unspecified atom stereocenters. The van der Waals surface area contributed by atoms with Crippen molar-refractivity contribution in [3.05, 3.63) is 69.3 Å². The van der Waals surface area contributed by atoms with E-state index in [2.05, 4.69) is 5.32 Å². The molecule has 1 aliphatic heterocycles. The van der Waals surface area contributed by atoms with Crippen LogP contribution < -0.4 is 5.32 Å². The summed E-state index contributed by atoms with van der Waals surface area (Å²) in [6.07, 6.45) is 0.212. The number of hydrogen-bond donors (Lipinski definition) is 1. The highest BCUT2D eigenvalue weighted by Gasteiger charge is 2.38. The molecule has 0 saturated heterocycles. The van der Waals surface area contributed by atoms with Gasteiger partial charge in [-0.2, -0.15) is 0 Å². The van der Waals surface area contributed by atoms with Crippen molar-refractivity contribution in [1.82, 2.24) is 15.1 Å². The molecule has 2 aromatic rings. The molecular weight excluding hydrogens is 465 g/mol. The molecule has 0 radical (unpaired) electrons. The fourth-order valence-corrected chi connectivity index (χ4v) is 5.16. The molecule has 0 spiro atoms. The minimum atomic E-state index is -0.650. The average molecular weight is 500 g/mol. The lowest BCUT2D eigenvalue weighted by Gasteiger charge is -2.38. The van der Waals surface area contributed by atoms with E-state index in [4.69, 9.17) is 0 Å². The molecule has 188 valence electrons. The summed E-state index contributed by atoms with van der Waals surface area (Å²) in [5.74, 6) is -1.55. The van der Waals surface area contributed by atoms with Gasteiger partial charge in [0.1, 0.15) is 5.82 Å². The van der Waals surface area contributed by atoms with Gasteiger partial charge in [-0.1, -0.05) is 18.2 Å². The Morgan fingerprint density at radius 3 is 2.37 bits per heavy atom. The molecule has 0 fully saturated rings. The Bertz CT molecular complexity index is 1070. The number of amides is 3. The highest BCUT2D eigenvalue weighted by molar-refractivity contribution is 7.09. The van der Waals surface area contributed by atoms with E-state index in [0.717, 1.165) is 10.4 Å². The molecule has 1 aromatic heterocycles. The van der Waals surface area contributed by atoms with Crippen molar-refractivity contribution in [2.24, 2.45) is 5.92 Å². The monoisotopic (exact) mass is 499 g/mol. The minimum absolute atomic E-state index is 0.00244. The number of nitrogens with zero attached hydrogens (tertiary/aromatic N) is 2. The van der Waals surface area contributed by atoms with Crippen molar-refractivity contribution in [1.29, 1.82) is 0 Å². The molecule has 0 bridgehead atoms. The number of carbonyl (C=O) groups is 3. The van der Waals surface area contributed by atoms with Gasteiger partial charge in [0.15, 0.2) is 0 Å². The average Bonchev–Trinajstić information content (AvgIpc) is 3.31. The predicted octanol–water partition coefficient (Wildman–Crippen LogP) is 4.86. The van der Waals surface area contributed by atoms with Crippen molar-refractivity contribution < 1.29 is 18.8 Å². The van der Waals surface area contributed by atoms with Crippen LogP contribution in [0.4, 0.5) is 4.39 Å². The van der Waals surface area contributed by atoms with E-state index >= 15 is 0 Å². The van der Waals surface area contributed by atoms with Gasteiger partial charge in [0.05, 0.1) is 19.0 Å². The van der Waals surface area contributed by atoms with E-state index in [0.29, 0.717) is 17.8 Å². The van der Waals surface area contributed by atoms with Gasteiger partial charge in [-0.25, -0.2) is 4.39 Å². The van der Waals surface area contributed by atoms with Crippen LogP contribution in [0, 0.1) is 11.7 Å². The van der Waals surface area contributed by atoms with E-state index in [-0.39, 0.29) is 55.0 Å². The standard InChI is InChI=1S/C27H34FN3O3S/c1-17(2)31(18(3)4)27(34)24-13-21(14-25(32)29-15-23-7-6-12-35-23)26(33)30(19(24)5)16-20-8-10-22(28)11-9-20/h6-12,17-18,21H,13-16H2,1-5H3,(H,29,32). The highest BCUT2D eigenvalue weighted by atomic mass is 32.1. The summed E-state index contributed by atoms with van der Waals surface area (Å²) < 4.78 is 13.4. The van der Waals surface area contributed by atoms with Crippen LogP contribution in [0.15, 0.2) is 53.0 Å². The number of carbonyl (C=O) groups excluding carboxylic acids is 3. The van der Waals surface area contributed by atoms with Crippen molar-refractivity contribution in [2.45, 2.75) is 72.6 Å². The topological polar surface area (TPSA) is 69.7 Å². The molecule has 1 N–H and O–H groups in total. The van der Waals surface area contributed by atoms with E-state index in [1.807, 2.05) is 45.2 Å². The number of nitrogens with one attached hydrogen (secondary N) is 1. The molecule has 2 heterocycles. The van der Waals surface area contributed by atoms with Gasteiger partial charge in [-0.05, 0) is 70.2 Å². The van der Waals surface area contributed by atoms with E-state index in [1.54, 1.807) is 40.2 Å². The maximum Gasteiger partial charge on any atom is 0.252 e. The summed E-state index contributed by atoms with van der Waals surface area (Å²) in [6, 6.07) is 9.79. The summed E-state index contributed by atoms with van der Waals surface area (Å²) in [5.41, 5.74) is 1.88. The van der Waals surface area contributed by atoms with Gasteiger partial charge in [-0.15, -0.1) is 11.3 Å². The zero-order chi connectivity index (χ0) is 25.7. The van der Waals surface area contributed by atoms with Crippen LogP contribution in [0.3, 0.4) is 0 Å². The zero-order valence-electron chi connectivity index (χ0n) is 21.0. The molecule has 1 atom stereocenters. The summed E-state index contributed by atoms with van der Waals surface area (Å²) >= 11 is 1.55. The van der Waals surface area contributed by atoms with Crippen molar-refractivity contribution in [3.63, 3.8) is 0 Å². The molecule has 8 heteroatoms. The number of rotatable bonds is 9. The Kier molecular flexibility index (Phi) is 8.83. The summed E-state index contributed by atoms with van der Waals surface area (Å²) in [6.45, 7) is 10.3. The molecule has 35 heavy (non-hydrogen) atoms. The van der Waals surface area contributed by atoms with Gasteiger partial charge < -0.3 is 15.1 Å². The fraction of sp³-hybridized carbons (Fsp3) is 0.444. The van der Waals surface area contributed by atoms with E-state index in [9.17, 15) is 18.8 Å². The summed E-state index contributed by atoms with van der Waals surface area (Å²) in [4.78, 5) is 44.3. The molecule has 0 saturated carbocycles. The molecule has 1 aromatic carbocycles. The van der Waals surface area contributed by atoms with Crippen LogP contribution in [-0.4, -0.2) is 39.6 Å². The van der Waals surface area contributed by atoms with Crippen LogP contribution in [0.25, 0.3) is 0 Å². The van der Waals surface area contributed by atoms with E-state index < -0.39 is 5.92 Å². The molecular formula is C27H34FN3O3S. The van der Waals surface area contributed by atoms with Gasteiger partial charge in [0, 0.05) is 34.7 Å². The first-order valence-electron chi connectivity index (χ1n) is 12.0. The van der Waals surface area contributed by atoms with Gasteiger partial charge in [-0.3, -0.25) is 14.4 Å². The highest BCUT2D eigenvalue weighted by Crippen LogP contribution is 2.33. The molecule has 3 amide bonds. The Balaban J connectivity index is 1.88. The second-order valence-electron chi connectivity index (χ2n) is 9.48. The first-order valence-corrected chi connectivity index (χ1v) is 12.8. The third kappa shape index (κ3) is 6.57. The van der Waals surface area contributed by atoms with Gasteiger partial charge in [0.2, 0.25) is 11.8 Å². The normalized spacial score (nSPS) is 16.3. The predicted molar refractivity (Wildman–Crippen MR) is 136 cm³/mol. The number of halogens is 1. The van der Waals surface area contributed by atoms with Gasteiger partial charge in [0.25, 0.3) is 5.91 Å². The van der Waals surface area contributed by atoms with Crippen molar-refractivity contribution in [3.8, 4) is 0 Å². The Labute approximate surface area is 210 Å². The lowest BCUT2D eigenvalue weighted by Crippen LogP contribution is -2.47. The van der Waals surface area contributed by atoms with Crippen LogP contribution in [0.1, 0.15) is 57.9 Å². The number of benzene rings is 1. The Hall–Kier alpha value is -3.00. The fourth-order valence-electron chi connectivity index (χ4n) is 4.52. The number of hydrogen-bond acceptors (Lipinski definition) is 4. The second-order valence-corrected chi connectivity index (χ2v) is 10.5. The zero-order valence-corrected chi connectivity index (χ0v) is 21.8. The van der Waals surface area contributed by atoms with Crippen LogP contribution >= 0.6 is 11.3 Å². The minimum Gasteiger partial charge on any atom is -0.351 e. The molecule has 1 aliphatic rings. The largest absolute Gasteiger partial charge is 0.351 e.